The average Bonchev–Trinajstić information content (AvgIpc) is 2.13. The molecule has 0 radical (unpaired) electrons. The molecule has 0 atom stereocenters. The van der Waals surface area contributed by atoms with Crippen LogP contribution < -0.4 is 5.32 Å². The lowest BCUT2D eigenvalue weighted by Crippen LogP contribution is -2.58. The van der Waals surface area contributed by atoms with Crippen molar-refractivity contribution in [2.24, 2.45) is 0 Å². The molecule has 13 heteroatoms. The average molecular weight is 309 g/mol. The van der Waals surface area contributed by atoms with Gasteiger partial charge in [0.15, 0.2) is 0 Å². The highest BCUT2D eigenvalue weighted by atomic mass is 19.4. The molecule has 0 aliphatic rings. The molecule has 0 spiro atoms. The van der Waals surface area contributed by atoms with E-state index in [1.807, 2.05) is 0 Å². The van der Waals surface area contributed by atoms with Crippen molar-refractivity contribution in [1.29, 1.82) is 0 Å². The van der Waals surface area contributed by atoms with Crippen LogP contribution in [0.5, 0.6) is 0 Å². The normalized spacial score (nSPS) is 14.2. The number of alkyl halides is 10. The number of hydrogen-bond donors (Lipinski definition) is 1. The zero-order valence-electron chi connectivity index (χ0n) is 8.10. The summed E-state index contributed by atoms with van der Waals surface area (Å²) in [6.07, 6.45) is -13.1. The van der Waals surface area contributed by atoms with Gasteiger partial charge in [0.1, 0.15) is 0 Å². The van der Waals surface area contributed by atoms with Crippen LogP contribution in [0.15, 0.2) is 0 Å². The van der Waals surface area contributed by atoms with E-state index in [0.29, 0.717) is 0 Å². The summed E-state index contributed by atoms with van der Waals surface area (Å²) in [5.74, 6) is -19.9. The standard InChI is InChI=1S/C6HF10NO2/c7-3(8,5(11,12)13)1(18)17-2(19)4(9,10)6(14,15)16/h(H,17,18,19). The third kappa shape index (κ3) is 3.26. The molecule has 0 aromatic heterocycles. The molecule has 0 saturated heterocycles. The Hall–Kier alpha value is -1.56. The molecule has 19 heavy (non-hydrogen) atoms. The summed E-state index contributed by atoms with van der Waals surface area (Å²) in [6, 6.07) is 0. The summed E-state index contributed by atoms with van der Waals surface area (Å²) in [7, 11) is 0. The second-order valence-corrected chi connectivity index (χ2v) is 2.93. The summed E-state index contributed by atoms with van der Waals surface area (Å²) in [4.78, 5) is 20.4. The predicted molar refractivity (Wildman–Crippen MR) is 35.2 cm³/mol. The van der Waals surface area contributed by atoms with E-state index in [1.165, 1.54) is 0 Å². The Kier molecular flexibility index (Phi) is 4.15. The van der Waals surface area contributed by atoms with Gasteiger partial charge in [-0.05, 0) is 0 Å². The Morgan fingerprint density at radius 1 is 0.579 bits per heavy atom. The van der Waals surface area contributed by atoms with Gasteiger partial charge in [0, 0.05) is 0 Å². The van der Waals surface area contributed by atoms with Crippen LogP contribution in [0.3, 0.4) is 0 Å². The minimum atomic E-state index is -6.56. The van der Waals surface area contributed by atoms with E-state index < -0.39 is 36.0 Å². The topological polar surface area (TPSA) is 46.2 Å². The molecule has 0 aromatic carbocycles. The van der Waals surface area contributed by atoms with Crippen LogP contribution in [0, 0.1) is 0 Å². The summed E-state index contributed by atoms with van der Waals surface area (Å²) in [5, 5.41) is -0.344. The van der Waals surface area contributed by atoms with Gasteiger partial charge in [0.2, 0.25) is 0 Å². The molecule has 0 unspecified atom stereocenters. The van der Waals surface area contributed by atoms with E-state index in [2.05, 4.69) is 0 Å². The predicted octanol–water partition coefficient (Wildman–Crippen LogP) is 2.02. The Balaban J connectivity index is 5.11. The summed E-state index contributed by atoms with van der Waals surface area (Å²) >= 11 is 0. The smallest absolute Gasteiger partial charge is 0.285 e. The van der Waals surface area contributed by atoms with Crippen LogP contribution in [-0.2, 0) is 9.59 Å². The summed E-state index contributed by atoms with van der Waals surface area (Å²) in [5.41, 5.74) is 0. The molecule has 3 nitrogen and oxygen atoms in total. The number of hydrogen-bond acceptors (Lipinski definition) is 2. The maximum atomic E-state index is 12.2. The van der Waals surface area contributed by atoms with Gasteiger partial charge in [0.05, 0.1) is 0 Å². The largest absolute Gasteiger partial charge is 0.463 e. The zero-order valence-corrected chi connectivity index (χ0v) is 8.10. The first-order chi connectivity index (χ1) is 8.05. The Labute approximate surface area is 96.1 Å². The number of nitrogens with one attached hydrogen (secondary N) is 1. The summed E-state index contributed by atoms with van der Waals surface area (Å²) < 4.78 is 118. The molecule has 0 saturated carbocycles. The quantitative estimate of drug-likeness (QED) is 0.793. The number of carbonyl (C=O) groups is 2. The van der Waals surface area contributed by atoms with Gasteiger partial charge < -0.3 is 0 Å². The third-order valence-corrected chi connectivity index (χ3v) is 1.51. The second-order valence-electron chi connectivity index (χ2n) is 2.93. The van der Waals surface area contributed by atoms with Gasteiger partial charge in [0.25, 0.3) is 0 Å². The number of rotatable bonds is 2. The van der Waals surface area contributed by atoms with Gasteiger partial charge in [-0.25, -0.2) is 0 Å². The monoisotopic (exact) mass is 309 g/mol. The first kappa shape index (κ1) is 17.4. The fraction of sp³-hybridized carbons (Fsp3) is 0.667. The van der Waals surface area contributed by atoms with Gasteiger partial charge in [-0.3, -0.25) is 14.9 Å². The van der Waals surface area contributed by atoms with Crippen LogP contribution in [0.25, 0.3) is 0 Å². The Bertz CT molecular complexity index is 344. The molecular formula is C6HF10NO2. The maximum absolute atomic E-state index is 12.2. The highest BCUT2D eigenvalue weighted by molar-refractivity contribution is 6.02. The van der Waals surface area contributed by atoms with Crippen molar-refractivity contribution in [3.05, 3.63) is 0 Å². The third-order valence-electron chi connectivity index (χ3n) is 1.51. The van der Waals surface area contributed by atoms with Crippen molar-refractivity contribution < 1.29 is 53.5 Å². The van der Waals surface area contributed by atoms with Gasteiger partial charge >= 0.3 is 36.0 Å². The molecule has 0 rings (SSSR count). The first-order valence-corrected chi connectivity index (χ1v) is 3.80. The zero-order chi connectivity index (χ0) is 15.9. The second kappa shape index (κ2) is 4.52. The maximum Gasteiger partial charge on any atom is 0.463 e. The lowest BCUT2D eigenvalue weighted by molar-refractivity contribution is -0.275. The van der Waals surface area contributed by atoms with Gasteiger partial charge in [-0.2, -0.15) is 43.9 Å². The highest BCUT2D eigenvalue weighted by Gasteiger charge is 2.67. The first-order valence-electron chi connectivity index (χ1n) is 3.80. The molecule has 0 heterocycles. The van der Waals surface area contributed by atoms with Crippen LogP contribution in [0.2, 0.25) is 0 Å². The molecular weight excluding hydrogens is 308 g/mol. The van der Waals surface area contributed by atoms with Crippen molar-refractivity contribution in [3.8, 4) is 0 Å². The van der Waals surface area contributed by atoms with E-state index in [1.54, 1.807) is 0 Å². The minimum Gasteiger partial charge on any atom is -0.285 e. The molecule has 0 aliphatic carbocycles. The minimum absolute atomic E-state index is 0.344. The molecule has 2 amide bonds. The molecule has 112 valence electrons. The van der Waals surface area contributed by atoms with Crippen molar-refractivity contribution in [1.82, 2.24) is 5.32 Å². The van der Waals surface area contributed by atoms with Gasteiger partial charge in [-0.1, -0.05) is 0 Å². The van der Waals surface area contributed by atoms with Crippen molar-refractivity contribution >= 4 is 11.8 Å². The SMILES string of the molecule is O=C(NC(=O)C(F)(F)C(F)(F)F)C(F)(F)C(F)(F)F. The van der Waals surface area contributed by atoms with E-state index in [0.717, 1.165) is 0 Å². The van der Waals surface area contributed by atoms with Crippen molar-refractivity contribution in [3.63, 3.8) is 0 Å². The van der Waals surface area contributed by atoms with E-state index >= 15 is 0 Å². The number of imide groups is 1. The number of halogens is 10. The fourth-order valence-electron chi connectivity index (χ4n) is 0.518. The van der Waals surface area contributed by atoms with Crippen molar-refractivity contribution in [2.45, 2.75) is 24.2 Å². The van der Waals surface area contributed by atoms with Crippen LogP contribution >= 0.6 is 0 Å². The van der Waals surface area contributed by atoms with Crippen LogP contribution in [0.4, 0.5) is 43.9 Å². The molecule has 1 N–H and O–H groups in total. The van der Waals surface area contributed by atoms with E-state index in [9.17, 15) is 53.5 Å². The Morgan fingerprint density at radius 2 is 0.789 bits per heavy atom. The summed E-state index contributed by atoms with van der Waals surface area (Å²) in [6.45, 7) is 0. The Morgan fingerprint density at radius 3 is 0.947 bits per heavy atom. The highest BCUT2D eigenvalue weighted by Crippen LogP contribution is 2.37. The van der Waals surface area contributed by atoms with E-state index in [-0.39, 0.29) is 5.32 Å². The lowest BCUT2D eigenvalue weighted by Gasteiger charge is -2.21. The molecule has 0 fully saturated rings. The van der Waals surface area contributed by atoms with Crippen LogP contribution in [-0.4, -0.2) is 36.0 Å². The molecule has 0 aromatic rings. The van der Waals surface area contributed by atoms with Crippen molar-refractivity contribution in [2.75, 3.05) is 0 Å². The number of carbonyl (C=O) groups excluding carboxylic acids is 2. The molecule has 0 aliphatic heterocycles. The lowest BCUT2D eigenvalue weighted by atomic mass is 10.2. The fourth-order valence-corrected chi connectivity index (χ4v) is 0.518. The van der Waals surface area contributed by atoms with Gasteiger partial charge in [-0.15, -0.1) is 0 Å². The number of amides is 2. The molecule has 0 bridgehead atoms. The van der Waals surface area contributed by atoms with Crippen LogP contribution in [0.1, 0.15) is 0 Å². The van der Waals surface area contributed by atoms with E-state index in [4.69, 9.17) is 0 Å².